The molecule has 1 saturated carbocycles. The Balaban J connectivity index is 0.00000312. The third-order valence-electron chi connectivity index (χ3n) is 5.68. The maximum atomic E-state index is 12.5. The molecule has 0 spiro atoms. The number of amides is 2. The monoisotopic (exact) mass is 373 g/mol. The van der Waals surface area contributed by atoms with E-state index in [1.54, 1.807) is 0 Å². The van der Waals surface area contributed by atoms with Crippen LogP contribution < -0.4 is 10.6 Å². The molecule has 2 amide bonds. The zero-order chi connectivity index (χ0) is 17.4. The van der Waals surface area contributed by atoms with Crippen LogP contribution in [0.4, 0.5) is 0 Å². The molecule has 0 aromatic rings. The van der Waals surface area contributed by atoms with Gasteiger partial charge in [0.05, 0.1) is 0 Å². The van der Waals surface area contributed by atoms with Crippen molar-refractivity contribution >= 4 is 24.2 Å². The number of hydrogen-bond acceptors (Lipinski definition) is 3. The molecule has 0 bridgehead atoms. The zero-order valence-corrected chi connectivity index (χ0v) is 16.7. The lowest BCUT2D eigenvalue weighted by Crippen LogP contribution is -2.49. The predicted molar refractivity (Wildman–Crippen MR) is 104 cm³/mol. The number of halogens is 1. The van der Waals surface area contributed by atoms with E-state index in [0.717, 1.165) is 51.2 Å². The van der Waals surface area contributed by atoms with Crippen molar-refractivity contribution in [2.75, 3.05) is 26.7 Å². The van der Waals surface area contributed by atoms with E-state index in [2.05, 4.69) is 10.6 Å². The Bertz CT molecular complexity index is 405. The first-order chi connectivity index (χ1) is 11.6. The number of hydrogen-bond donors (Lipinski definition) is 2. The van der Waals surface area contributed by atoms with E-state index < -0.39 is 6.04 Å². The molecule has 1 heterocycles. The first kappa shape index (κ1) is 22.2. The van der Waals surface area contributed by atoms with E-state index in [-0.39, 0.29) is 24.2 Å². The summed E-state index contributed by atoms with van der Waals surface area (Å²) in [5, 5.41) is 6.12. The van der Waals surface area contributed by atoms with Gasteiger partial charge in [0.15, 0.2) is 0 Å². The second-order valence-electron chi connectivity index (χ2n) is 7.66. The first-order valence-corrected chi connectivity index (χ1v) is 9.83. The molecule has 0 aromatic heterocycles. The summed E-state index contributed by atoms with van der Waals surface area (Å²) in [6.45, 7) is 4.53. The second-order valence-corrected chi connectivity index (χ2v) is 7.66. The Hall–Kier alpha value is -0.810. The Labute approximate surface area is 159 Å². The number of carbonyl (C=O) groups excluding carboxylic acids is 2. The maximum absolute atomic E-state index is 12.5. The average Bonchev–Trinajstić information content (AvgIpc) is 2.60. The van der Waals surface area contributed by atoms with Crippen molar-refractivity contribution in [3.05, 3.63) is 0 Å². The van der Waals surface area contributed by atoms with Crippen molar-refractivity contribution in [2.45, 2.75) is 70.8 Å². The fraction of sp³-hybridized carbons (Fsp3) is 0.895. The van der Waals surface area contributed by atoms with Gasteiger partial charge in [0.25, 0.3) is 0 Å². The van der Waals surface area contributed by atoms with E-state index in [0.29, 0.717) is 12.3 Å². The van der Waals surface area contributed by atoms with E-state index in [4.69, 9.17) is 0 Å². The third kappa shape index (κ3) is 7.53. The summed E-state index contributed by atoms with van der Waals surface area (Å²) < 4.78 is 0. The highest BCUT2D eigenvalue weighted by atomic mass is 35.5. The van der Waals surface area contributed by atoms with Crippen LogP contribution in [-0.2, 0) is 9.59 Å². The molecule has 5 nitrogen and oxygen atoms in total. The van der Waals surface area contributed by atoms with Crippen LogP contribution in [0.25, 0.3) is 0 Å². The van der Waals surface area contributed by atoms with Crippen molar-refractivity contribution in [1.82, 2.24) is 15.5 Å². The van der Waals surface area contributed by atoms with Crippen molar-refractivity contribution in [1.29, 1.82) is 0 Å². The van der Waals surface area contributed by atoms with Crippen LogP contribution in [0.2, 0.25) is 0 Å². The van der Waals surface area contributed by atoms with Crippen LogP contribution in [0.5, 0.6) is 0 Å². The molecule has 1 aliphatic heterocycles. The van der Waals surface area contributed by atoms with E-state index in [1.165, 1.54) is 25.7 Å². The molecular weight excluding hydrogens is 338 g/mol. The summed E-state index contributed by atoms with van der Waals surface area (Å²) in [6.07, 6.45) is 10.1. The molecule has 25 heavy (non-hydrogen) atoms. The highest BCUT2D eigenvalue weighted by molar-refractivity contribution is 5.87. The summed E-state index contributed by atoms with van der Waals surface area (Å²) in [7, 11) is 1.98. The zero-order valence-electron chi connectivity index (χ0n) is 15.9. The Morgan fingerprint density at radius 2 is 1.68 bits per heavy atom. The van der Waals surface area contributed by atoms with Gasteiger partial charge in [-0.3, -0.25) is 9.59 Å². The quantitative estimate of drug-likeness (QED) is 0.721. The minimum absolute atomic E-state index is 0. The largest absolute Gasteiger partial charge is 0.345 e. The van der Waals surface area contributed by atoms with E-state index >= 15 is 0 Å². The lowest BCUT2D eigenvalue weighted by Gasteiger charge is -2.34. The molecule has 1 unspecified atom stereocenters. The number of nitrogens with one attached hydrogen (secondary N) is 2. The second kappa shape index (κ2) is 11.7. The standard InChI is InChI=1S/C19H35N3O2.ClH/c1-15(21-18(23)14-17-6-4-3-5-7-17)19(24)22-12-9-16(10-13-22)8-11-20-2;/h15-17,20H,3-14H2,1-2H3,(H,21,23);1H. The number of nitrogens with zero attached hydrogens (tertiary/aromatic N) is 1. The molecule has 1 atom stereocenters. The van der Waals surface area contributed by atoms with Gasteiger partial charge in [-0.05, 0) is 64.5 Å². The predicted octanol–water partition coefficient (Wildman–Crippen LogP) is 2.73. The summed E-state index contributed by atoms with van der Waals surface area (Å²) in [6, 6.07) is -0.394. The molecule has 146 valence electrons. The fourth-order valence-corrected chi connectivity index (χ4v) is 4.08. The number of likely N-dealkylation sites (tertiary alicyclic amines) is 1. The summed E-state index contributed by atoms with van der Waals surface area (Å²) in [5.74, 6) is 1.37. The van der Waals surface area contributed by atoms with Crippen molar-refractivity contribution in [3.63, 3.8) is 0 Å². The van der Waals surface area contributed by atoms with Crippen molar-refractivity contribution in [3.8, 4) is 0 Å². The van der Waals surface area contributed by atoms with Crippen molar-refractivity contribution in [2.24, 2.45) is 11.8 Å². The lowest BCUT2D eigenvalue weighted by molar-refractivity contribution is -0.137. The van der Waals surface area contributed by atoms with Crippen LogP contribution in [0.1, 0.15) is 64.7 Å². The molecule has 1 aliphatic carbocycles. The number of carbonyl (C=O) groups is 2. The molecule has 2 aliphatic rings. The molecule has 2 N–H and O–H groups in total. The topological polar surface area (TPSA) is 61.4 Å². The van der Waals surface area contributed by atoms with Crippen LogP contribution in [0.15, 0.2) is 0 Å². The SMILES string of the molecule is CNCCC1CCN(C(=O)C(C)NC(=O)CC2CCCCC2)CC1.Cl. The summed E-state index contributed by atoms with van der Waals surface area (Å²) >= 11 is 0. The summed E-state index contributed by atoms with van der Waals surface area (Å²) in [4.78, 5) is 26.7. The fourth-order valence-electron chi connectivity index (χ4n) is 4.08. The van der Waals surface area contributed by atoms with Crippen LogP contribution >= 0.6 is 12.4 Å². The molecule has 0 radical (unpaired) electrons. The smallest absolute Gasteiger partial charge is 0.244 e. The minimum atomic E-state index is -0.394. The van der Waals surface area contributed by atoms with Crippen LogP contribution in [0.3, 0.4) is 0 Å². The average molecular weight is 374 g/mol. The number of rotatable bonds is 7. The minimum Gasteiger partial charge on any atom is -0.345 e. The highest BCUT2D eigenvalue weighted by Gasteiger charge is 2.27. The van der Waals surface area contributed by atoms with Crippen LogP contribution in [0, 0.1) is 11.8 Å². The molecule has 2 rings (SSSR count). The first-order valence-electron chi connectivity index (χ1n) is 9.83. The lowest BCUT2D eigenvalue weighted by atomic mass is 9.87. The van der Waals surface area contributed by atoms with Gasteiger partial charge in [-0.1, -0.05) is 19.3 Å². The summed E-state index contributed by atoms with van der Waals surface area (Å²) in [5.41, 5.74) is 0. The van der Waals surface area contributed by atoms with Gasteiger partial charge >= 0.3 is 0 Å². The van der Waals surface area contributed by atoms with Gasteiger partial charge in [-0.2, -0.15) is 0 Å². The molecule has 0 aromatic carbocycles. The molecule has 1 saturated heterocycles. The van der Waals surface area contributed by atoms with E-state index in [1.807, 2.05) is 18.9 Å². The number of piperidine rings is 1. The van der Waals surface area contributed by atoms with Gasteiger partial charge < -0.3 is 15.5 Å². The molecular formula is C19H36ClN3O2. The van der Waals surface area contributed by atoms with Crippen LogP contribution in [-0.4, -0.2) is 49.4 Å². The normalized spacial score (nSPS) is 20.6. The molecule has 2 fully saturated rings. The molecule has 6 heteroatoms. The Kier molecular flexibility index (Phi) is 10.4. The Morgan fingerprint density at radius 1 is 1.04 bits per heavy atom. The van der Waals surface area contributed by atoms with E-state index in [9.17, 15) is 9.59 Å². The highest BCUT2D eigenvalue weighted by Crippen LogP contribution is 2.26. The van der Waals surface area contributed by atoms with Gasteiger partial charge in [-0.25, -0.2) is 0 Å². The van der Waals surface area contributed by atoms with Gasteiger partial charge in [0.1, 0.15) is 6.04 Å². The van der Waals surface area contributed by atoms with Gasteiger partial charge in [0.2, 0.25) is 11.8 Å². The Morgan fingerprint density at radius 3 is 2.28 bits per heavy atom. The van der Waals surface area contributed by atoms with Gasteiger partial charge in [-0.15, -0.1) is 12.4 Å². The van der Waals surface area contributed by atoms with Crippen molar-refractivity contribution < 1.29 is 9.59 Å². The maximum Gasteiger partial charge on any atom is 0.244 e. The third-order valence-corrected chi connectivity index (χ3v) is 5.68. The van der Waals surface area contributed by atoms with Gasteiger partial charge in [0, 0.05) is 19.5 Å².